The molecule has 0 aliphatic rings. The Morgan fingerprint density at radius 3 is 2.46 bits per heavy atom. The molecule has 0 radical (unpaired) electrons. The second-order valence-electron chi connectivity index (χ2n) is 2.56. The van der Waals surface area contributed by atoms with E-state index in [0.29, 0.717) is 0 Å². The Bertz CT molecular complexity index is 368. The normalized spacial score (nSPS) is 10.3. The molecule has 0 aromatic heterocycles. The van der Waals surface area contributed by atoms with Gasteiger partial charge in [-0.1, -0.05) is 30.0 Å². The summed E-state index contributed by atoms with van der Waals surface area (Å²) in [6, 6.07) is 9.61. The predicted octanol–water partition coefficient (Wildman–Crippen LogP) is 1.42. The Morgan fingerprint density at radius 2 is 1.85 bits per heavy atom. The molecule has 1 aromatic rings. The fraction of sp³-hybridized carbons (Fsp3) is 0.167. The maximum atomic E-state index is 8.81. The molecule has 0 spiro atoms. The first-order valence-electron chi connectivity index (χ1n) is 4.03. The van der Waals surface area contributed by atoms with E-state index in [4.69, 9.17) is 5.11 Å². The molecule has 1 N–H and O–H groups in total. The van der Waals surface area contributed by atoms with E-state index in [1.807, 2.05) is 30.3 Å². The van der Waals surface area contributed by atoms with Gasteiger partial charge in [0.05, 0.1) is 0 Å². The Labute approximate surface area is 78.4 Å². The average Bonchev–Trinajstić information content (AvgIpc) is 2.14. The molecule has 64 valence electrons. The van der Waals surface area contributed by atoms with Crippen molar-refractivity contribution in [2.24, 2.45) is 0 Å². The zero-order chi connectivity index (χ0) is 9.52. The minimum absolute atomic E-state index is 0.606. The Kier molecular flexibility index (Phi) is 3.64. The number of benzene rings is 1. The fourth-order valence-corrected chi connectivity index (χ4v) is 0.765. The van der Waals surface area contributed by atoms with Gasteiger partial charge < -0.3 is 5.11 Å². The smallest absolute Gasteiger partial charge is 0.112 e. The average molecular weight is 170 g/mol. The molecule has 0 aliphatic heterocycles. The second kappa shape index (κ2) is 5.04. The molecule has 0 saturated carbocycles. The van der Waals surface area contributed by atoms with E-state index >= 15 is 0 Å². The van der Waals surface area contributed by atoms with E-state index in [-0.39, 0.29) is 0 Å². The van der Waals surface area contributed by atoms with Crippen LogP contribution >= 0.6 is 0 Å². The van der Waals surface area contributed by atoms with Gasteiger partial charge in [-0.05, 0) is 30.9 Å². The predicted molar refractivity (Wildman–Crippen MR) is 52.8 cm³/mol. The maximum Gasteiger partial charge on any atom is 0.112 e. The summed E-state index contributed by atoms with van der Waals surface area (Å²) < 4.78 is 0. The summed E-state index contributed by atoms with van der Waals surface area (Å²) in [6.07, 6.45) is -0.606. The minimum Gasteiger partial charge on any atom is -0.381 e. The van der Waals surface area contributed by atoms with Crippen LogP contribution in [0.2, 0.25) is 0 Å². The van der Waals surface area contributed by atoms with Crippen LogP contribution in [0.1, 0.15) is 12.5 Å². The van der Waals surface area contributed by atoms with Crippen molar-refractivity contribution in [3.8, 4) is 23.7 Å². The Morgan fingerprint density at radius 1 is 1.15 bits per heavy atom. The van der Waals surface area contributed by atoms with Crippen LogP contribution in [-0.2, 0) is 0 Å². The highest BCUT2D eigenvalue weighted by Gasteiger charge is 1.81. The van der Waals surface area contributed by atoms with Crippen LogP contribution in [0.15, 0.2) is 30.3 Å². The monoisotopic (exact) mass is 170 g/mol. The molecular weight excluding hydrogens is 160 g/mol. The zero-order valence-electron chi connectivity index (χ0n) is 7.41. The minimum atomic E-state index is -0.606. The van der Waals surface area contributed by atoms with E-state index < -0.39 is 6.10 Å². The van der Waals surface area contributed by atoms with Crippen molar-refractivity contribution in [3.05, 3.63) is 35.9 Å². The standard InChI is InChI=1S/C12H10O/c1-11(13)7-5-6-10-12-8-3-2-4-9-12/h2-4,8-9,11,13H,1H3. The zero-order valence-corrected chi connectivity index (χ0v) is 7.41. The first-order valence-corrected chi connectivity index (χ1v) is 4.03. The molecule has 0 bridgehead atoms. The molecule has 0 heterocycles. The molecule has 13 heavy (non-hydrogen) atoms. The van der Waals surface area contributed by atoms with Crippen LogP contribution in [-0.4, -0.2) is 11.2 Å². The summed E-state index contributed by atoms with van der Waals surface area (Å²) in [4.78, 5) is 0. The molecule has 0 aliphatic carbocycles. The number of hydrogen-bond acceptors (Lipinski definition) is 1. The fourth-order valence-electron chi connectivity index (χ4n) is 0.765. The van der Waals surface area contributed by atoms with Crippen LogP contribution in [0.5, 0.6) is 0 Å². The van der Waals surface area contributed by atoms with Gasteiger partial charge in [-0.25, -0.2) is 0 Å². The lowest BCUT2D eigenvalue weighted by molar-refractivity contribution is 0.253. The van der Waals surface area contributed by atoms with Crippen molar-refractivity contribution >= 4 is 0 Å². The Hall–Kier alpha value is -1.70. The molecule has 1 nitrogen and oxygen atoms in total. The van der Waals surface area contributed by atoms with Crippen molar-refractivity contribution in [1.29, 1.82) is 0 Å². The van der Waals surface area contributed by atoms with E-state index in [9.17, 15) is 0 Å². The van der Waals surface area contributed by atoms with Gasteiger partial charge in [0, 0.05) is 5.56 Å². The third-order valence-corrected chi connectivity index (χ3v) is 1.32. The highest BCUT2D eigenvalue weighted by atomic mass is 16.3. The summed E-state index contributed by atoms with van der Waals surface area (Å²) in [5.74, 6) is 10.6. The van der Waals surface area contributed by atoms with Gasteiger partial charge in [0.1, 0.15) is 6.10 Å². The molecule has 0 saturated heterocycles. The SMILES string of the molecule is CC(O)C#CC#Cc1ccccc1. The number of rotatable bonds is 0. The van der Waals surface area contributed by atoms with Gasteiger partial charge in [0.25, 0.3) is 0 Å². The van der Waals surface area contributed by atoms with Gasteiger partial charge in [0.15, 0.2) is 0 Å². The lowest BCUT2D eigenvalue weighted by atomic mass is 10.2. The summed E-state index contributed by atoms with van der Waals surface area (Å²) >= 11 is 0. The highest BCUT2D eigenvalue weighted by Crippen LogP contribution is 1.93. The van der Waals surface area contributed by atoms with E-state index in [1.165, 1.54) is 0 Å². The first-order chi connectivity index (χ1) is 6.29. The Balaban J connectivity index is 2.65. The number of aliphatic hydroxyl groups is 1. The summed E-state index contributed by atoms with van der Waals surface area (Å²) in [7, 11) is 0. The van der Waals surface area contributed by atoms with Crippen LogP contribution in [0.4, 0.5) is 0 Å². The maximum absolute atomic E-state index is 8.81. The van der Waals surface area contributed by atoms with Crippen molar-refractivity contribution < 1.29 is 5.11 Å². The molecule has 1 rings (SSSR count). The third kappa shape index (κ3) is 4.01. The second-order valence-corrected chi connectivity index (χ2v) is 2.56. The van der Waals surface area contributed by atoms with Gasteiger partial charge in [-0.15, -0.1) is 0 Å². The molecule has 1 atom stereocenters. The molecule has 1 heteroatoms. The van der Waals surface area contributed by atoms with Gasteiger partial charge in [0.2, 0.25) is 0 Å². The van der Waals surface area contributed by atoms with Gasteiger partial charge in [-0.2, -0.15) is 0 Å². The lowest BCUT2D eigenvalue weighted by Crippen LogP contribution is -1.91. The molecule has 0 fully saturated rings. The van der Waals surface area contributed by atoms with Crippen LogP contribution < -0.4 is 0 Å². The topological polar surface area (TPSA) is 20.2 Å². The van der Waals surface area contributed by atoms with E-state index in [1.54, 1.807) is 6.92 Å². The molecule has 0 amide bonds. The van der Waals surface area contributed by atoms with Crippen LogP contribution in [0.3, 0.4) is 0 Å². The number of hydrogen-bond donors (Lipinski definition) is 1. The van der Waals surface area contributed by atoms with Gasteiger partial charge in [-0.3, -0.25) is 0 Å². The first kappa shape index (κ1) is 9.39. The van der Waals surface area contributed by atoms with Crippen molar-refractivity contribution in [1.82, 2.24) is 0 Å². The highest BCUT2D eigenvalue weighted by molar-refractivity contribution is 5.39. The number of aliphatic hydroxyl groups excluding tert-OH is 1. The van der Waals surface area contributed by atoms with Crippen molar-refractivity contribution in [2.45, 2.75) is 13.0 Å². The lowest BCUT2D eigenvalue weighted by Gasteiger charge is -1.84. The third-order valence-electron chi connectivity index (χ3n) is 1.32. The van der Waals surface area contributed by atoms with Crippen LogP contribution in [0.25, 0.3) is 0 Å². The van der Waals surface area contributed by atoms with E-state index in [2.05, 4.69) is 23.7 Å². The van der Waals surface area contributed by atoms with Crippen molar-refractivity contribution in [2.75, 3.05) is 0 Å². The largest absolute Gasteiger partial charge is 0.381 e. The van der Waals surface area contributed by atoms with E-state index in [0.717, 1.165) is 5.56 Å². The van der Waals surface area contributed by atoms with Gasteiger partial charge >= 0.3 is 0 Å². The molecule has 1 aromatic carbocycles. The molecular formula is C12H10O. The summed E-state index contributed by atoms with van der Waals surface area (Å²) in [5, 5.41) is 8.81. The quantitative estimate of drug-likeness (QED) is 0.584. The molecule has 1 unspecified atom stereocenters. The summed E-state index contributed by atoms with van der Waals surface area (Å²) in [6.45, 7) is 1.61. The summed E-state index contributed by atoms with van der Waals surface area (Å²) in [5.41, 5.74) is 0.933. The van der Waals surface area contributed by atoms with Crippen LogP contribution in [0, 0.1) is 23.7 Å². The van der Waals surface area contributed by atoms with Crippen molar-refractivity contribution in [3.63, 3.8) is 0 Å².